The normalized spacial score (nSPS) is 12.0. The second kappa shape index (κ2) is 8.93. The molecule has 0 saturated heterocycles. The SMILES string of the molecule is COC(=O)CC(c1ccc(F)c(F)c1F)c1c(O)cc(O)c2c(=O)cc(-c3ccccc3)oc12. The third kappa shape index (κ3) is 3.96. The lowest BCUT2D eigenvalue weighted by Crippen LogP contribution is -2.14. The molecule has 9 heteroatoms. The Morgan fingerprint density at radius 3 is 2.38 bits per heavy atom. The van der Waals surface area contributed by atoms with Crippen LogP contribution in [-0.4, -0.2) is 23.3 Å². The van der Waals surface area contributed by atoms with E-state index in [0.29, 0.717) is 11.6 Å². The highest BCUT2D eigenvalue weighted by Gasteiger charge is 2.31. The highest BCUT2D eigenvalue weighted by Crippen LogP contribution is 2.43. The minimum Gasteiger partial charge on any atom is -0.507 e. The quantitative estimate of drug-likeness (QED) is 0.315. The summed E-state index contributed by atoms with van der Waals surface area (Å²) in [6.45, 7) is 0. The number of carbonyl (C=O) groups excluding carboxylic acids is 1. The van der Waals surface area contributed by atoms with Crippen molar-refractivity contribution in [3.63, 3.8) is 0 Å². The molecular formula is C25H17F3O6. The van der Waals surface area contributed by atoms with Crippen LogP contribution in [0, 0.1) is 17.5 Å². The second-order valence-corrected chi connectivity index (χ2v) is 7.47. The van der Waals surface area contributed by atoms with Crippen LogP contribution in [0.25, 0.3) is 22.3 Å². The molecule has 0 spiro atoms. The van der Waals surface area contributed by atoms with Crippen LogP contribution >= 0.6 is 0 Å². The Bertz CT molecular complexity index is 1460. The highest BCUT2D eigenvalue weighted by molar-refractivity contribution is 5.90. The summed E-state index contributed by atoms with van der Waals surface area (Å²) in [7, 11) is 1.07. The first kappa shape index (κ1) is 22.9. The van der Waals surface area contributed by atoms with Crippen LogP contribution in [0.2, 0.25) is 0 Å². The topological polar surface area (TPSA) is 97.0 Å². The Kier molecular flexibility index (Phi) is 6.02. The van der Waals surface area contributed by atoms with Gasteiger partial charge in [-0.25, -0.2) is 13.2 Å². The number of halogens is 3. The molecule has 4 aromatic rings. The molecule has 3 aromatic carbocycles. The van der Waals surface area contributed by atoms with Crippen LogP contribution in [-0.2, 0) is 9.53 Å². The molecule has 0 aliphatic heterocycles. The monoisotopic (exact) mass is 470 g/mol. The van der Waals surface area contributed by atoms with Gasteiger partial charge in [-0.15, -0.1) is 0 Å². The third-order valence-corrected chi connectivity index (χ3v) is 5.44. The number of methoxy groups -OCH3 is 1. The van der Waals surface area contributed by atoms with E-state index in [1.165, 1.54) is 0 Å². The lowest BCUT2D eigenvalue weighted by Gasteiger charge is -2.21. The molecule has 0 fully saturated rings. The average molecular weight is 470 g/mol. The van der Waals surface area contributed by atoms with E-state index in [1.54, 1.807) is 30.3 Å². The van der Waals surface area contributed by atoms with Gasteiger partial charge in [0, 0.05) is 29.2 Å². The number of hydrogen-bond donors (Lipinski definition) is 2. The van der Waals surface area contributed by atoms with Gasteiger partial charge in [0.2, 0.25) is 0 Å². The molecule has 0 bridgehead atoms. The molecule has 1 aromatic heterocycles. The van der Waals surface area contributed by atoms with E-state index < -0.39 is 58.3 Å². The Labute approximate surface area is 190 Å². The van der Waals surface area contributed by atoms with Gasteiger partial charge in [-0.1, -0.05) is 36.4 Å². The summed E-state index contributed by atoms with van der Waals surface area (Å²) in [6.07, 6.45) is -0.620. The average Bonchev–Trinajstić information content (AvgIpc) is 2.82. The van der Waals surface area contributed by atoms with Gasteiger partial charge in [0.05, 0.1) is 13.5 Å². The van der Waals surface area contributed by atoms with Crippen LogP contribution in [0.1, 0.15) is 23.5 Å². The van der Waals surface area contributed by atoms with Gasteiger partial charge in [-0.2, -0.15) is 0 Å². The van der Waals surface area contributed by atoms with E-state index in [-0.39, 0.29) is 22.3 Å². The zero-order valence-corrected chi connectivity index (χ0v) is 17.6. The number of esters is 1. The number of phenolic OH excluding ortho intramolecular Hbond substituents is 2. The lowest BCUT2D eigenvalue weighted by molar-refractivity contribution is -0.140. The van der Waals surface area contributed by atoms with Crippen molar-refractivity contribution < 1.29 is 37.3 Å². The number of fused-ring (bicyclic) bond motifs is 1. The van der Waals surface area contributed by atoms with Gasteiger partial charge in [0.25, 0.3) is 0 Å². The number of ether oxygens (including phenoxy) is 1. The minimum atomic E-state index is -1.78. The summed E-state index contributed by atoms with van der Waals surface area (Å²) in [6, 6.07) is 12.0. The lowest BCUT2D eigenvalue weighted by atomic mass is 9.86. The fourth-order valence-corrected chi connectivity index (χ4v) is 3.83. The van der Waals surface area contributed by atoms with Crippen molar-refractivity contribution in [1.29, 1.82) is 0 Å². The maximum atomic E-state index is 14.8. The summed E-state index contributed by atoms with van der Waals surface area (Å²) in [4.78, 5) is 25.0. The summed E-state index contributed by atoms with van der Waals surface area (Å²) in [5.41, 5.74) is -1.31. The molecule has 1 unspecified atom stereocenters. The predicted octanol–water partition coefficient (Wildman–Crippen LogP) is 4.98. The molecule has 4 rings (SSSR count). The van der Waals surface area contributed by atoms with Crippen molar-refractivity contribution in [3.05, 3.63) is 93.4 Å². The van der Waals surface area contributed by atoms with E-state index >= 15 is 0 Å². The van der Waals surface area contributed by atoms with Gasteiger partial charge >= 0.3 is 5.97 Å². The van der Waals surface area contributed by atoms with Gasteiger partial charge in [-0.05, 0) is 11.6 Å². The van der Waals surface area contributed by atoms with E-state index in [9.17, 15) is 33.0 Å². The third-order valence-electron chi connectivity index (χ3n) is 5.44. The second-order valence-electron chi connectivity index (χ2n) is 7.47. The summed E-state index contributed by atoms with van der Waals surface area (Å²) in [5, 5.41) is 20.7. The van der Waals surface area contributed by atoms with Crippen LogP contribution in [0.4, 0.5) is 13.2 Å². The van der Waals surface area contributed by atoms with Crippen LogP contribution in [0.3, 0.4) is 0 Å². The fraction of sp³-hybridized carbons (Fsp3) is 0.120. The highest BCUT2D eigenvalue weighted by atomic mass is 19.2. The Morgan fingerprint density at radius 1 is 1.00 bits per heavy atom. The Balaban J connectivity index is 2.08. The summed E-state index contributed by atoms with van der Waals surface area (Å²) < 4.78 is 53.0. The van der Waals surface area contributed by atoms with Gasteiger partial charge in [-0.3, -0.25) is 9.59 Å². The number of benzene rings is 3. The number of carbonyl (C=O) groups is 1. The van der Waals surface area contributed by atoms with Gasteiger partial charge < -0.3 is 19.4 Å². The van der Waals surface area contributed by atoms with E-state index in [4.69, 9.17) is 4.42 Å². The van der Waals surface area contributed by atoms with Crippen LogP contribution in [0.15, 0.2) is 63.8 Å². The summed E-state index contributed by atoms with van der Waals surface area (Å²) in [5.74, 6) is -8.35. The first-order chi connectivity index (χ1) is 16.2. The smallest absolute Gasteiger partial charge is 0.306 e. The zero-order chi connectivity index (χ0) is 24.6. The molecule has 2 N–H and O–H groups in total. The van der Waals surface area contributed by atoms with E-state index in [2.05, 4.69) is 4.74 Å². The van der Waals surface area contributed by atoms with Crippen molar-refractivity contribution >= 4 is 16.9 Å². The van der Waals surface area contributed by atoms with Crippen molar-refractivity contribution in [2.75, 3.05) is 7.11 Å². The Morgan fingerprint density at radius 2 is 1.71 bits per heavy atom. The van der Waals surface area contributed by atoms with Crippen molar-refractivity contribution in [1.82, 2.24) is 0 Å². The fourth-order valence-electron chi connectivity index (χ4n) is 3.83. The number of hydrogen-bond acceptors (Lipinski definition) is 6. The summed E-state index contributed by atoms with van der Waals surface area (Å²) >= 11 is 0. The molecule has 0 aliphatic carbocycles. The molecule has 1 atom stereocenters. The first-order valence-electron chi connectivity index (χ1n) is 10.0. The van der Waals surface area contributed by atoms with Crippen molar-refractivity contribution in [2.24, 2.45) is 0 Å². The van der Waals surface area contributed by atoms with Crippen LogP contribution < -0.4 is 5.43 Å². The minimum absolute atomic E-state index is 0.0620. The number of phenols is 2. The van der Waals surface area contributed by atoms with Crippen LogP contribution in [0.5, 0.6) is 11.5 Å². The van der Waals surface area contributed by atoms with Crippen molar-refractivity contribution in [2.45, 2.75) is 12.3 Å². The Hall–Kier alpha value is -4.27. The van der Waals surface area contributed by atoms with E-state index in [0.717, 1.165) is 25.3 Å². The standard InChI is InChI=1S/C25H17F3O6/c1-33-20(32)9-14(13-7-8-15(26)24(28)23(13)27)21-16(29)10-17(30)22-18(31)11-19(34-25(21)22)12-5-3-2-4-6-12/h2-8,10-11,14,29-30H,9H2,1H3. The number of rotatable bonds is 5. The van der Waals surface area contributed by atoms with Gasteiger partial charge in [0.15, 0.2) is 22.9 Å². The molecular weight excluding hydrogens is 453 g/mol. The predicted molar refractivity (Wildman–Crippen MR) is 116 cm³/mol. The van der Waals surface area contributed by atoms with Gasteiger partial charge in [0.1, 0.15) is 28.2 Å². The molecule has 6 nitrogen and oxygen atoms in total. The molecule has 1 heterocycles. The molecule has 0 radical (unpaired) electrons. The van der Waals surface area contributed by atoms with Crippen molar-refractivity contribution in [3.8, 4) is 22.8 Å². The molecule has 174 valence electrons. The molecule has 0 amide bonds. The largest absolute Gasteiger partial charge is 0.507 e. The zero-order valence-electron chi connectivity index (χ0n) is 17.6. The molecule has 0 aliphatic rings. The maximum Gasteiger partial charge on any atom is 0.306 e. The first-order valence-corrected chi connectivity index (χ1v) is 10.0. The molecule has 34 heavy (non-hydrogen) atoms. The molecule has 0 saturated carbocycles. The van der Waals surface area contributed by atoms with E-state index in [1.807, 2.05) is 0 Å². The number of aromatic hydroxyl groups is 2. The maximum absolute atomic E-state index is 14.8.